The number of anilines is 2. The average molecular weight is 512 g/mol. The molecular formula is C27H33N3O3S2. The van der Waals surface area contributed by atoms with Crippen molar-refractivity contribution in [2.45, 2.75) is 19.3 Å². The fourth-order valence-electron chi connectivity index (χ4n) is 3.58. The highest BCUT2D eigenvalue weighted by atomic mass is 32.1. The van der Waals surface area contributed by atoms with Crippen LogP contribution in [0.4, 0.5) is 11.4 Å². The lowest BCUT2D eigenvalue weighted by atomic mass is 9.83. The van der Waals surface area contributed by atoms with E-state index in [2.05, 4.69) is 28.8 Å². The van der Waals surface area contributed by atoms with Crippen LogP contribution in [-0.2, 0) is 10.2 Å². The summed E-state index contributed by atoms with van der Waals surface area (Å²) in [5.41, 5.74) is 2.35. The summed E-state index contributed by atoms with van der Waals surface area (Å²) in [6, 6.07) is 17.3. The zero-order valence-corrected chi connectivity index (χ0v) is 22.8. The van der Waals surface area contributed by atoms with Crippen molar-refractivity contribution in [1.29, 1.82) is 0 Å². The van der Waals surface area contributed by atoms with Crippen molar-refractivity contribution in [2.24, 2.45) is 0 Å². The molecule has 6 nitrogen and oxygen atoms in total. The molecule has 186 valence electrons. The molecule has 0 saturated carbocycles. The predicted molar refractivity (Wildman–Crippen MR) is 149 cm³/mol. The highest BCUT2D eigenvalue weighted by Gasteiger charge is 2.31. The number of hydrogen-bond acceptors (Lipinski definition) is 6. The Balaban J connectivity index is 1.58. The molecule has 1 aromatic heterocycles. The van der Waals surface area contributed by atoms with Gasteiger partial charge in [0.15, 0.2) is 0 Å². The molecule has 0 aliphatic heterocycles. The van der Waals surface area contributed by atoms with Crippen LogP contribution in [-0.4, -0.2) is 57.3 Å². The number of nitrogens with zero attached hydrogens (tertiary/aromatic N) is 3. The Hall–Kier alpha value is -3.10. The monoisotopic (exact) mass is 511 g/mol. The molecule has 3 rings (SSSR count). The molecule has 0 radical (unpaired) electrons. The second kappa shape index (κ2) is 11.6. The van der Waals surface area contributed by atoms with Crippen LogP contribution in [0.5, 0.6) is 11.5 Å². The number of rotatable bonds is 9. The fourth-order valence-corrected chi connectivity index (χ4v) is 4.48. The molecule has 0 N–H and O–H groups in total. The molecule has 1 amide bonds. The SMILES string of the molecule is CN(C)C(=O)C(C)(C)c1ccc(OC(=S)N(C)c2cccc(OCCN(C)c3ccsc3)c2)cc1. The van der Waals surface area contributed by atoms with E-state index in [9.17, 15) is 4.79 Å². The van der Waals surface area contributed by atoms with E-state index in [0.29, 0.717) is 17.5 Å². The van der Waals surface area contributed by atoms with Crippen LogP contribution in [0.3, 0.4) is 0 Å². The topological polar surface area (TPSA) is 45.3 Å². The summed E-state index contributed by atoms with van der Waals surface area (Å²) in [6.07, 6.45) is 0. The Bertz CT molecular complexity index is 1130. The third-order valence-corrected chi connectivity index (χ3v) is 6.87. The van der Waals surface area contributed by atoms with Crippen LogP contribution in [0.1, 0.15) is 19.4 Å². The quantitative estimate of drug-likeness (QED) is 0.357. The van der Waals surface area contributed by atoms with Gasteiger partial charge < -0.3 is 24.2 Å². The smallest absolute Gasteiger partial charge is 0.269 e. The standard InChI is InChI=1S/C27H33N3O3S2/c1-27(2,25(31)28(3)4)20-10-12-23(13-11-20)33-26(34)30(6)21-8-7-9-24(18-21)32-16-15-29(5)22-14-17-35-19-22/h7-14,17-19H,15-16H2,1-6H3. The van der Waals surface area contributed by atoms with Gasteiger partial charge in [0, 0.05) is 51.0 Å². The highest BCUT2D eigenvalue weighted by molar-refractivity contribution is 7.80. The number of ether oxygens (including phenoxy) is 2. The van der Waals surface area contributed by atoms with E-state index in [1.165, 1.54) is 5.69 Å². The van der Waals surface area contributed by atoms with Crippen LogP contribution in [0.25, 0.3) is 0 Å². The predicted octanol–water partition coefficient (Wildman–Crippen LogP) is 5.43. The van der Waals surface area contributed by atoms with Crippen molar-refractivity contribution in [3.63, 3.8) is 0 Å². The van der Waals surface area contributed by atoms with E-state index >= 15 is 0 Å². The molecule has 2 aromatic carbocycles. The van der Waals surface area contributed by atoms with Gasteiger partial charge in [0.25, 0.3) is 5.17 Å². The molecule has 0 atom stereocenters. The number of carbonyl (C=O) groups is 1. The van der Waals surface area contributed by atoms with E-state index in [1.807, 2.05) is 69.4 Å². The minimum Gasteiger partial charge on any atom is -0.492 e. The first-order valence-corrected chi connectivity index (χ1v) is 12.7. The Morgan fingerprint density at radius 3 is 2.31 bits per heavy atom. The van der Waals surface area contributed by atoms with Crippen LogP contribution < -0.4 is 19.3 Å². The molecule has 1 heterocycles. The molecule has 0 fully saturated rings. The van der Waals surface area contributed by atoms with E-state index in [1.54, 1.807) is 35.2 Å². The minimum atomic E-state index is -0.627. The maximum atomic E-state index is 12.5. The van der Waals surface area contributed by atoms with Crippen molar-refractivity contribution in [3.05, 3.63) is 70.9 Å². The zero-order valence-electron chi connectivity index (χ0n) is 21.1. The first-order chi connectivity index (χ1) is 16.6. The molecule has 8 heteroatoms. The van der Waals surface area contributed by atoms with Crippen molar-refractivity contribution in [2.75, 3.05) is 51.1 Å². The molecule has 35 heavy (non-hydrogen) atoms. The minimum absolute atomic E-state index is 0.0432. The van der Waals surface area contributed by atoms with Gasteiger partial charge in [-0.3, -0.25) is 4.79 Å². The number of hydrogen-bond donors (Lipinski definition) is 0. The van der Waals surface area contributed by atoms with E-state index in [0.717, 1.165) is 23.5 Å². The summed E-state index contributed by atoms with van der Waals surface area (Å²) in [5.74, 6) is 1.43. The van der Waals surface area contributed by atoms with Gasteiger partial charge in [-0.05, 0) is 67.3 Å². The Kier molecular flexibility index (Phi) is 8.75. The van der Waals surface area contributed by atoms with Gasteiger partial charge in [-0.25, -0.2) is 0 Å². The van der Waals surface area contributed by atoms with Gasteiger partial charge in [-0.1, -0.05) is 18.2 Å². The largest absolute Gasteiger partial charge is 0.492 e. The second-order valence-electron chi connectivity index (χ2n) is 9.02. The maximum absolute atomic E-state index is 12.5. The van der Waals surface area contributed by atoms with Crippen molar-refractivity contribution in [3.8, 4) is 11.5 Å². The average Bonchev–Trinajstić information content (AvgIpc) is 3.38. The summed E-state index contributed by atoms with van der Waals surface area (Å²) in [5, 5.41) is 4.50. The lowest BCUT2D eigenvalue weighted by Crippen LogP contribution is -2.39. The summed E-state index contributed by atoms with van der Waals surface area (Å²) in [7, 11) is 7.44. The number of thiocarbonyl (C=S) groups is 1. The summed E-state index contributed by atoms with van der Waals surface area (Å²) in [4.78, 5) is 18.1. The van der Waals surface area contributed by atoms with Gasteiger partial charge in [-0.2, -0.15) is 11.3 Å². The van der Waals surface area contributed by atoms with Crippen LogP contribution in [0.15, 0.2) is 65.4 Å². The molecular weight excluding hydrogens is 478 g/mol. The van der Waals surface area contributed by atoms with Gasteiger partial charge in [0.05, 0.1) is 12.0 Å². The third-order valence-electron chi connectivity index (χ3n) is 5.84. The maximum Gasteiger partial charge on any atom is 0.269 e. The summed E-state index contributed by atoms with van der Waals surface area (Å²) >= 11 is 7.21. The fraction of sp³-hybridized carbons (Fsp3) is 0.333. The Morgan fingerprint density at radius 2 is 1.69 bits per heavy atom. The Labute approximate surface area is 217 Å². The van der Waals surface area contributed by atoms with Crippen LogP contribution in [0.2, 0.25) is 0 Å². The number of carbonyl (C=O) groups excluding carboxylic acids is 1. The number of likely N-dealkylation sites (N-methyl/N-ethyl adjacent to an activating group) is 2. The van der Waals surface area contributed by atoms with E-state index in [4.69, 9.17) is 21.7 Å². The van der Waals surface area contributed by atoms with Crippen molar-refractivity contribution >= 4 is 46.0 Å². The lowest BCUT2D eigenvalue weighted by Gasteiger charge is -2.27. The summed E-state index contributed by atoms with van der Waals surface area (Å²) < 4.78 is 11.9. The molecule has 3 aromatic rings. The molecule has 0 spiro atoms. The Morgan fingerprint density at radius 1 is 0.971 bits per heavy atom. The number of benzene rings is 2. The first-order valence-electron chi connectivity index (χ1n) is 11.3. The lowest BCUT2D eigenvalue weighted by molar-refractivity contribution is -0.133. The summed E-state index contributed by atoms with van der Waals surface area (Å²) in [6.45, 7) is 5.18. The van der Waals surface area contributed by atoms with Gasteiger partial charge in [0.2, 0.25) is 5.91 Å². The van der Waals surface area contributed by atoms with E-state index in [-0.39, 0.29) is 5.91 Å². The van der Waals surface area contributed by atoms with Crippen molar-refractivity contribution < 1.29 is 14.3 Å². The molecule has 0 aliphatic carbocycles. The van der Waals surface area contributed by atoms with Gasteiger partial charge in [0.1, 0.15) is 18.1 Å². The van der Waals surface area contributed by atoms with E-state index < -0.39 is 5.41 Å². The third kappa shape index (κ3) is 6.74. The van der Waals surface area contributed by atoms with Gasteiger partial charge in [-0.15, -0.1) is 0 Å². The molecule has 0 unspecified atom stereocenters. The van der Waals surface area contributed by atoms with Crippen molar-refractivity contribution in [1.82, 2.24) is 4.90 Å². The number of thiophene rings is 1. The normalized spacial score (nSPS) is 11.0. The molecule has 0 aliphatic rings. The van der Waals surface area contributed by atoms with Gasteiger partial charge >= 0.3 is 0 Å². The zero-order chi connectivity index (χ0) is 25.6. The molecule has 0 bridgehead atoms. The highest BCUT2D eigenvalue weighted by Crippen LogP contribution is 2.28. The first kappa shape index (κ1) is 26.5. The molecule has 0 saturated heterocycles. The van der Waals surface area contributed by atoms with Crippen LogP contribution >= 0.6 is 23.6 Å². The second-order valence-corrected chi connectivity index (χ2v) is 10.2. The van der Waals surface area contributed by atoms with Crippen LogP contribution in [0, 0.1) is 0 Å². The number of amides is 1.